The quantitative estimate of drug-likeness (QED) is 0.772. The second-order valence-electron chi connectivity index (χ2n) is 6.99. The molecule has 0 radical (unpaired) electrons. The molecule has 5 heteroatoms. The zero-order valence-electron chi connectivity index (χ0n) is 14.9. The Morgan fingerprint density at radius 3 is 2.54 bits per heavy atom. The van der Waals surface area contributed by atoms with Crippen molar-refractivity contribution in [2.24, 2.45) is 0 Å². The number of thiazole rings is 1. The molecule has 1 fully saturated rings. The fraction of sp³-hybridized carbons (Fsp3) is 0.333. The molecule has 1 aliphatic heterocycles. The van der Waals surface area contributed by atoms with Gasteiger partial charge in [-0.05, 0) is 24.6 Å². The molecular weight excluding hydrogens is 342 g/mol. The van der Waals surface area contributed by atoms with E-state index in [4.69, 9.17) is 4.98 Å². The van der Waals surface area contributed by atoms with Crippen molar-refractivity contribution in [1.82, 2.24) is 15.2 Å². The van der Waals surface area contributed by atoms with Crippen LogP contribution in [0.3, 0.4) is 0 Å². The van der Waals surface area contributed by atoms with Gasteiger partial charge in [-0.1, -0.05) is 42.5 Å². The molecule has 2 aromatic carbocycles. The Morgan fingerprint density at radius 2 is 1.81 bits per heavy atom. The van der Waals surface area contributed by atoms with Crippen LogP contribution in [0.5, 0.6) is 0 Å². The molecule has 1 aliphatic rings. The van der Waals surface area contributed by atoms with Crippen LogP contribution in [0.4, 0.5) is 0 Å². The number of rotatable bonds is 4. The van der Waals surface area contributed by atoms with Gasteiger partial charge in [0.1, 0.15) is 0 Å². The second kappa shape index (κ2) is 7.17. The van der Waals surface area contributed by atoms with Crippen LogP contribution in [0.1, 0.15) is 17.5 Å². The zero-order valence-corrected chi connectivity index (χ0v) is 15.8. The number of piperazine rings is 1. The number of hydrogen-bond acceptors (Lipinski definition) is 4. The number of amides is 1. The first-order chi connectivity index (χ1) is 12.7. The first-order valence-electron chi connectivity index (χ1n) is 9.07. The van der Waals surface area contributed by atoms with Crippen molar-refractivity contribution in [3.63, 3.8) is 0 Å². The van der Waals surface area contributed by atoms with E-state index in [-0.39, 0.29) is 5.91 Å². The summed E-state index contributed by atoms with van der Waals surface area (Å²) in [5.41, 5.74) is 1.47. The Kier molecular flexibility index (Phi) is 4.74. The van der Waals surface area contributed by atoms with Crippen molar-refractivity contribution in [2.75, 3.05) is 26.2 Å². The molecule has 1 amide bonds. The van der Waals surface area contributed by atoms with Gasteiger partial charge in [0.25, 0.3) is 0 Å². The van der Waals surface area contributed by atoms with Gasteiger partial charge in [0.05, 0.1) is 20.6 Å². The first-order valence-corrected chi connectivity index (χ1v) is 9.88. The van der Waals surface area contributed by atoms with E-state index in [1.807, 2.05) is 41.3 Å². The fourth-order valence-corrected chi connectivity index (χ4v) is 4.75. The molecule has 0 saturated carbocycles. The monoisotopic (exact) mass is 365 g/mol. The lowest BCUT2D eigenvalue weighted by molar-refractivity contribution is -0.137. The highest BCUT2D eigenvalue weighted by atomic mass is 32.1. The number of carbonyl (C=O) groups excluding carboxylic acids is 1. The third-order valence-electron chi connectivity index (χ3n) is 5.13. The molecule has 0 bridgehead atoms. The molecule has 4 rings (SSSR count). The van der Waals surface area contributed by atoms with Gasteiger partial charge in [0.2, 0.25) is 5.91 Å². The van der Waals surface area contributed by atoms with Crippen molar-refractivity contribution in [2.45, 2.75) is 18.8 Å². The number of fused-ring (bicyclic) bond motifs is 1. The minimum atomic E-state index is -0.605. The summed E-state index contributed by atoms with van der Waals surface area (Å²) in [4.78, 5) is 20.3. The molecule has 2 heterocycles. The molecule has 1 N–H and O–H groups in total. The number of hydrogen-bond donors (Lipinski definition) is 1. The van der Waals surface area contributed by atoms with Crippen molar-refractivity contribution in [3.05, 3.63) is 65.2 Å². The molecule has 3 aromatic rings. The van der Waals surface area contributed by atoms with Crippen molar-refractivity contribution in [3.8, 4) is 0 Å². The minimum absolute atomic E-state index is 0.199. The summed E-state index contributed by atoms with van der Waals surface area (Å²) in [7, 11) is 0. The van der Waals surface area contributed by atoms with Gasteiger partial charge < -0.3 is 10.2 Å². The van der Waals surface area contributed by atoms with Gasteiger partial charge in [0, 0.05) is 32.6 Å². The minimum Gasteiger partial charge on any atom is -0.339 e. The van der Waals surface area contributed by atoms with Gasteiger partial charge in [0.15, 0.2) is 0 Å². The van der Waals surface area contributed by atoms with E-state index >= 15 is 0 Å². The SMILES string of the molecule is CC(Cc1nc2ccccc2s1)(C(=O)N1CCNCC1)c1ccccc1. The second-order valence-corrected chi connectivity index (χ2v) is 8.11. The van der Waals surface area contributed by atoms with Crippen molar-refractivity contribution < 1.29 is 4.79 Å². The summed E-state index contributed by atoms with van der Waals surface area (Å²) < 4.78 is 1.17. The van der Waals surface area contributed by atoms with Gasteiger partial charge in [-0.2, -0.15) is 0 Å². The standard InChI is InChI=1S/C21H23N3OS/c1-21(16-7-3-2-4-8-16,20(25)24-13-11-22-12-14-24)15-19-23-17-9-5-6-10-18(17)26-19/h2-10,22H,11-15H2,1H3. The third-order valence-corrected chi connectivity index (χ3v) is 6.17. The average molecular weight is 366 g/mol. The Labute approximate surface area is 157 Å². The van der Waals surface area contributed by atoms with Gasteiger partial charge in [-0.15, -0.1) is 11.3 Å². The molecule has 134 valence electrons. The molecule has 1 saturated heterocycles. The maximum absolute atomic E-state index is 13.5. The van der Waals surface area contributed by atoms with Crippen molar-refractivity contribution >= 4 is 27.5 Å². The van der Waals surface area contributed by atoms with E-state index in [1.165, 1.54) is 4.70 Å². The third kappa shape index (κ3) is 3.24. The highest BCUT2D eigenvalue weighted by molar-refractivity contribution is 7.18. The van der Waals surface area contributed by atoms with E-state index < -0.39 is 5.41 Å². The van der Waals surface area contributed by atoms with E-state index in [0.29, 0.717) is 6.42 Å². The number of nitrogens with one attached hydrogen (secondary N) is 1. The lowest BCUT2D eigenvalue weighted by Gasteiger charge is -2.36. The van der Waals surface area contributed by atoms with Crippen LogP contribution in [0.2, 0.25) is 0 Å². The van der Waals surface area contributed by atoms with E-state index in [0.717, 1.165) is 42.3 Å². The first kappa shape index (κ1) is 17.2. The molecular formula is C21H23N3OS. The summed E-state index contributed by atoms with van der Waals surface area (Å²) in [6.07, 6.45) is 0.624. The van der Waals surface area contributed by atoms with Crippen LogP contribution in [0.25, 0.3) is 10.2 Å². The Balaban J connectivity index is 1.71. The lowest BCUT2D eigenvalue weighted by Crippen LogP contribution is -2.53. The Morgan fingerprint density at radius 1 is 1.12 bits per heavy atom. The van der Waals surface area contributed by atoms with Crippen molar-refractivity contribution in [1.29, 1.82) is 0 Å². The normalized spacial score (nSPS) is 17.2. The summed E-state index contributed by atoms with van der Waals surface area (Å²) in [5, 5.41) is 4.34. The molecule has 4 nitrogen and oxygen atoms in total. The highest BCUT2D eigenvalue weighted by Gasteiger charge is 2.39. The number of nitrogens with zero attached hydrogens (tertiary/aromatic N) is 2. The maximum Gasteiger partial charge on any atom is 0.233 e. The maximum atomic E-state index is 13.5. The highest BCUT2D eigenvalue weighted by Crippen LogP contribution is 2.33. The van der Waals surface area contributed by atoms with Gasteiger partial charge in [-0.3, -0.25) is 4.79 Å². The number of aromatic nitrogens is 1. The smallest absolute Gasteiger partial charge is 0.233 e. The van der Waals surface area contributed by atoms with E-state index in [9.17, 15) is 4.79 Å². The predicted octanol–water partition coefficient (Wildman–Crippen LogP) is 3.23. The van der Waals surface area contributed by atoms with Crippen LogP contribution in [0.15, 0.2) is 54.6 Å². The molecule has 26 heavy (non-hydrogen) atoms. The van der Waals surface area contributed by atoms with E-state index in [2.05, 4.69) is 30.4 Å². The zero-order chi connectivity index (χ0) is 18.0. The molecule has 1 aromatic heterocycles. The topological polar surface area (TPSA) is 45.2 Å². The van der Waals surface area contributed by atoms with Gasteiger partial charge in [-0.25, -0.2) is 4.98 Å². The number of para-hydroxylation sites is 1. The lowest BCUT2D eigenvalue weighted by atomic mass is 9.78. The van der Waals surface area contributed by atoms with Crippen LogP contribution in [0, 0.1) is 0 Å². The molecule has 0 spiro atoms. The fourth-order valence-electron chi connectivity index (χ4n) is 3.62. The summed E-state index contributed by atoms with van der Waals surface area (Å²) in [6, 6.07) is 18.3. The van der Waals surface area contributed by atoms with Crippen LogP contribution < -0.4 is 5.32 Å². The molecule has 1 unspecified atom stereocenters. The predicted molar refractivity (Wildman–Crippen MR) is 107 cm³/mol. The summed E-state index contributed by atoms with van der Waals surface area (Å²) in [6.45, 7) is 5.32. The number of carbonyl (C=O) groups is 1. The Bertz CT molecular complexity index is 869. The summed E-state index contributed by atoms with van der Waals surface area (Å²) >= 11 is 1.69. The summed E-state index contributed by atoms with van der Waals surface area (Å²) in [5.74, 6) is 0.199. The average Bonchev–Trinajstić information content (AvgIpc) is 3.10. The largest absolute Gasteiger partial charge is 0.339 e. The molecule has 0 aliphatic carbocycles. The number of benzene rings is 2. The Hall–Kier alpha value is -2.24. The molecule has 1 atom stereocenters. The van der Waals surface area contributed by atoms with E-state index in [1.54, 1.807) is 11.3 Å². The van der Waals surface area contributed by atoms with Gasteiger partial charge >= 0.3 is 0 Å². The van der Waals surface area contributed by atoms with Crippen LogP contribution in [-0.4, -0.2) is 42.0 Å². The van der Waals surface area contributed by atoms with Crippen LogP contribution in [-0.2, 0) is 16.6 Å². The van der Waals surface area contributed by atoms with Crippen LogP contribution >= 0.6 is 11.3 Å².